The number of amides is 1. The summed E-state index contributed by atoms with van der Waals surface area (Å²) in [6.07, 6.45) is 2.33. The van der Waals surface area contributed by atoms with Crippen molar-refractivity contribution in [3.63, 3.8) is 0 Å². The number of carbonyl (C=O) groups is 2. The van der Waals surface area contributed by atoms with Crippen LogP contribution < -0.4 is 4.90 Å². The van der Waals surface area contributed by atoms with Crippen LogP contribution >= 0.6 is 0 Å². The first-order valence-electron chi connectivity index (χ1n) is 8.91. The zero-order chi connectivity index (χ0) is 22.5. The molecular weight excluding hydrogens is 407 g/mol. The second-order valence-corrected chi connectivity index (χ2v) is 6.64. The maximum absolute atomic E-state index is 12.6. The van der Waals surface area contributed by atoms with Crippen LogP contribution in [0, 0.1) is 0 Å². The molecule has 9 nitrogen and oxygen atoms in total. The Morgan fingerprint density at radius 2 is 1.77 bits per heavy atom. The molecule has 0 spiro atoms. The van der Waals surface area contributed by atoms with Gasteiger partial charge in [-0.15, -0.1) is 0 Å². The van der Waals surface area contributed by atoms with E-state index >= 15 is 0 Å². The fourth-order valence-corrected chi connectivity index (χ4v) is 2.52. The first kappa shape index (κ1) is 23.1. The Kier molecular flexibility index (Phi) is 7.38. The van der Waals surface area contributed by atoms with Gasteiger partial charge in [-0.2, -0.15) is 13.2 Å². The van der Waals surface area contributed by atoms with Crippen molar-refractivity contribution in [2.24, 2.45) is 7.05 Å². The van der Waals surface area contributed by atoms with Crippen molar-refractivity contribution in [1.29, 1.82) is 0 Å². The van der Waals surface area contributed by atoms with Gasteiger partial charge in [-0.3, -0.25) is 9.63 Å². The molecule has 1 saturated heterocycles. The SMILES string of the molecule is CN(C)c1ncc(-c2cc(C(=O)N3CCCCO3)n(C)c2)cn1.O=C(O)C(F)(F)F. The first-order chi connectivity index (χ1) is 14.0. The molecule has 0 atom stereocenters. The molecule has 3 rings (SSSR count). The molecule has 0 radical (unpaired) electrons. The Morgan fingerprint density at radius 3 is 2.23 bits per heavy atom. The van der Waals surface area contributed by atoms with Crippen LogP contribution in [0.4, 0.5) is 19.1 Å². The number of carbonyl (C=O) groups excluding carboxylic acids is 1. The van der Waals surface area contributed by atoms with Gasteiger partial charge in [0.25, 0.3) is 5.91 Å². The average molecular weight is 429 g/mol. The van der Waals surface area contributed by atoms with Crippen molar-refractivity contribution in [1.82, 2.24) is 19.6 Å². The molecule has 2 aromatic heterocycles. The van der Waals surface area contributed by atoms with Crippen LogP contribution in [-0.4, -0.2) is 70.0 Å². The van der Waals surface area contributed by atoms with Gasteiger partial charge in [-0.05, 0) is 18.9 Å². The average Bonchev–Trinajstić information content (AvgIpc) is 3.09. The van der Waals surface area contributed by atoms with Gasteiger partial charge in [0, 0.05) is 57.4 Å². The zero-order valence-electron chi connectivity index (χ0n) is 16.7. The number of aryl methyl sites for hydroxylation is 1. The van der Waals surface area contributed by atoms with Crippen LogP contribution in [0.25, 0.3) is 11.1 Å². The van der Waals surface area contributed by atoms with Gasteiger partial charge in [-0.1, -0.05) is 0 Å². The number of rotatable bonds is 3. The largest absolute Gasteiger partial charge is 0.490 e. The minimum absolute atomic E-state index is 0.107. The van der Waals surface area contributed by atoms with Gasteiger partial charge in [0.2, 0.25) is 5.95 Å². The van der Waals surface area contributed by atoms with Crippen LogP contribution in [0.1, 0.15) is 23.3 Å². The highest BCUT2D eigenvalue weighted by atomic mass is 19.4. The Bertz CT molecular complexity index is 875. The van der Waals surface area contributed by atoms with Gasteiger partial charge in [0.15, 0.2) is 0 Å². The van der Waals surface area contributed by atoms with E-state index in [4.69, 9.17) is 14.7 Å². The number of hydrogen-bond donors (Lipinski definition) is 1. The molecule has 1 aliphatic heterocycles. The predicted molar refractivity (Wildman–Crippen MR) is 101 cm³/mol. The summed E-state index contributed by atoms with van der Waals surface area (Å²) in [5.74, 6) is -2.21. The Balaban J connectivity index is 0.000000396. The van der Waals surface area contributed by atoms with Gasteiger partial charge < -0.3 is 14.6 Å². The van der Waals surface area contributed by atoms with Gasteiger partial charge >= 0.3 is 12.1 Å². The molecule has 0 bridgehead atoms. The molecular formula is C18H22F3N5O4. The van der Waals surface area contributed by atoms with Gasteiger partial charge in [0.1, 0.15) is 5.69 Å². The van der Waals surface area contributed by atoms with Crippen LogP contribution in [0.2, 0.25) is 0 Å². The molecule has 30 heavy (non-hydrogen) atoms. The molecule has 1 N–H and O–H groups in total. The van der Waals surface area contributed by atoms with E-state index in [2.05, 4.69) is 9.97 Å². The monoisotopic (exact) mass is 429 g/mol. The van der Waals surface area contributed by atoms with Crippen LogP contribution in [0.5, 0.6) is 0 Å². The lowest BCUT2D eigenvalue weighted by Crippen LogP contribution is -2.36. The molecule has 1 aliphatic rings. The molecule has 12 heteroatoms. The van der Waals surface area contributed by atoms with E-state index < -0.39 is 12.1 Å². The summed E-state index contributed by atoms with van der Waals surface area (Å²) in [6, 6.07) is 1.86. The fourth-order valence-electron chi connectivity index (χ4n) is 2.52. The number of halogens is 3. The van der Waals surface area contributed by atoms with E-state index in [1.54, 1.807) is 12.4 Å². The molecule has 0 aromatic carbocycles. The Morgan fingerprint density at radius 1 is 1.17 bits per heavy atom. The number of nitrogens with zero attached hydrogens (tertiary/aromatic N) is 5. The quantitative estimate of drug-likeness (QED) is 0.799. The molecule has 1 fully saturated rings. The normalized spacial score (nSPS) is 14.0. The smallest absolute Gasteiger partial charge is 0.475 e. The van der Waals surface area contributed by atoms with Crippen molar-refractivity contribution >= 4 is 17.8 Å². The lowest BCUT2D eigenvalue weighted by atomic mass is 10.2. The van der Waals surface area contributed by atoms with Gasteiger partial charge in [0.05, 0.1) is 6.61 Å². The van der Waals surface area contributed by atoms with E-state index in [1.807, 2.05) is 42.9 Å². The summed E-state index contributed by atoms with van der Waals surface area (Å²) < 4.78 is 33.6. The molecule has 0 aliphatic carbocycles. The summed E-state index contributed by atoms with van der Waals surface area (Å²) in [4.78, 5) is 37.4. The van der Waals surface area contributed by atoms with E-state index in [0.29, 0.717) is 24.8 Å². The minimum atomic E-state index is -5.08. The second-order valence-electron chi connectivity index (χ2n) is 6.64. The van der Waals surface area contributed by atoms with E-state index in [0.717, 1.165) is 24.0 Å². The molecule has 164 valence electrons. The van der Waals surface area contributed by atoms with Crippen LogP contribution in [0.3, 0.4) is 0 Å². The van der Waals surface area contributed by atoms with Crippen molar-refractivity contribution < 1.29 is 32.7 Å². The Hall–Kier alpha value is -3.15. The van der Waals surface area contributed by atoms with E-state index in [-0.39, 0.29) is 5.91 Å². The van der Waals surface area contributed by atoms with Gasteiger partial charge in [-0.25, -0.2) is 19.8 Å². The molecule has 1 amide bonds. The number of aliphatic carboxylic acids is 1. The maximum atomic E-state index is 12.6. The highest BCUT2D eigenvalue weighted by molar-refractivity contribution is 5.93. The summed E-state index contributed by atoms with van der Waals surface area (Å²) >= 11 is 0. The standard InChI is InChI=1S/C16H21N5O2.C2HF3O2/c1-19(2)16-17-9-13(10-18-16)12-8-14(20(3)11-12)15(22)21-6-4-5-7-23-21;3-2(4,5)1(6)7/h8-11H,4-7H2,1-3H3;(H,6,7). The fraction of sp³-hybridized carbons (Fsp3) is 0.444. The van der Waals surface area contributed by atoms with Crippen molar-refractivity contribution in [3.8, 4) is 11.1 Å². The lowest BCUT2D eigenvalue weighted by molar-refractivity contribution is -0.192. The molecule has 0 unspecified atom stereocenters. The molecule has 0 saturated carbocycles. The third-order valence-electron chi connectivity index (χ3n) is 4.07. The summed E-state index contributed by atoms with van der Waals surface area (Å²) in [5, 5.41) is 8.58. The third-order valence-corrected chi connectivity index (χ3v) is 4.07. The maximum Gasteiger partial charge on any atom is 0.490 e. The van der Waals surface area contributed by atoms with E-state index in [9.17, 15) is 18.0 Å². The van der Waals surface area contributed by atoms with Crippen molar-refractivity contribution in [2.45, 2.75) is 19.0 Å². The third kappa shape index (κ3) is 5.92. The predicted octanol–water partition coefficient (Wildman–Crippen LogP) is 2.35. The second kappa shape index (κ2) is 9.57. The zero-order valence-corrected chi connectivity index (χ0v) is 16.7. The molecule has 3 heterocycles. The highest BCUT2D eigenvalue weighted by Crippen LogP contribution is 2.23. The molecule has 2 aromatic rings. The highest BCUT2D eigenvalue weighted by Gasteiger charge is 2.38. The number of carboxylic acid groups (broad SMARTS) is 1. The van der Waals surface area contributed by atoms with Crippen molar-refractivity contribution in [2.75, 3.05) is 32.1 Å². The number of aromatic nitrogens is 3. The Labute approximate surface area is 170 Å². The van der Waals surface area contributed by atoms with Crippen LogP contribution in [0.15, 0.2) is 24.7 Å². The van der Waals surface area contributed by atoms with E-state index in [1.165, 1.54) is 5.06 Å². The summed E-state index contributed by atoms with van der Waals surface area (Å²) in [5.41, 5.74) is 2.39. The topological polar surface area (TPSA) is 101 Å². The first-order valence-corrected chi connectivity index (χ1v) is 8.91. The summed E-state index contributed by atoms with van der Waals surface area (Å²) in [6.45, 7) is 1.24. The lowest BCUT2D eigenvalue weighted by Gasteiger charge is -2.25. The van der Waals surface area contributed by atoms with Crippen LogP contribution in [-0.2, 0) is 16.7 Å². The number of carboxylic acids is 1. The number of alkyl halides is 3. The van der Waals surface area contributed by atoms with Crippen molar-refractivity contribution in [3.05, 3.63) is 30.4 Å². The minimum Gasteiger partial charge on any atom is -0.475 e. The number of hydrogen-bond acceptors (Lipinski definition) is 6. The number of hydroxylamine groups is 2. The number of anilines is 1. The summed E-state index contributed by atoms with van der Waals surface area (Å²) in [7, 11) is 5.65.